The number of pyridine rings is 1. The second kappa shape index (κ2) is 19.8. The van der Waals surface area contributed by atoms with Crippen molar-refractivity contribution < 1.29 is 65.1 Å². The van der Waals surface area contributed by atoms with Crippen LogP contribution in [0.25, 0.3) is 10.9 Å². The fourth-order valence-corrected chi connectivity index (χ4v) is 1.70. The molecule has 14 nitrogen and oxygen atoms in total. The molecular formula is C15H19N5O9Th. The number of carbonyl (C=O) groups is 1. The molecule has 15 heteroatoms. The number of carboxylic acid groups (broad SMARTS) is 1. The maximum Gasteiger partial charge on any atom is 4.00 e. The number of carboxylic acids is 1. The maximum atomic E-state index is 11.1. The van der Waals surface area contributed by atoms with Crippen LogP contribution >= 0.6 is 0 Å². The minimum Gasteiger partial charge on any atom is -0.871 e. The van der Waals surface area contributed by atoms with Gasteiger partial charge in [0.15, 0.2) is 0 Å². The van der Waals surface area contributed by atoms with E-state index in [0.29, 0.717) is 18.5 Å². The number of nitrogens with zero attached hydrogens (tertiary/aromatic N) is 3. The Hall–Kier alpha value is -2.46. The van der Waals surface area contributed by atoms with E-state index in [1.54, 1.807) is 12.3 Å². The Labute approximate surface area is 202 Å². The molecule has 30 heavy (non-hydrogen) atoms. The molecular weight excluding hydrogens is 626 g/mol. The van der Waals surface area contributed by atoms with Crippen molar-refractivity contribution in [3.63, 3.8) is 0 Å². The molecule has 1 atom stereocenters. The molecule has 162 valence electrons. The number of hydrogen-bond acceptors (Lipinski definition) is 12. The Morgan fingerprint density at radius 2 is 1.53 bits per heavy atom. The maximum absolute atomic E-state index is 11.1. The summed E-state index contributed by atoms with van der Waals surface area (Å²) in [6.07, 6.45) is 3.66. The number of nitrogens with two attached hydrogens (primary N) is 2. The summed E-state index contributed by atoms with van der Waals surface area (Å²) in [5.74, 6) is -1.19. The van der Waals surface area contributed by atoms with Crippen LogP contribution in [0, 0.1) is 70.6 Å². The van der Waals surface area contributed by atoms with Gasteiger partial charge in [0.2, 0.25) is 0 Å². The van der Waals surface area contributed by atoms with Crippen LogP contribution in [0.4, 0.5) is 0 Å². The second-order valence-electron chi connectivity index (χ2n) is 4.99. The van der Waals surface area contributed by atoms with Gasteiger partial charge in [-0.15, -0.1) is 0 Å². The molecule has 0 saturated carbocycles. The van der Waals surface area contributed by atoms with Gasteiger partial charge in [-0.1, -0.05) is 36.4 Å². The summed E-state index contributed by atoms with van der Waals surface area (Å²) in [6.45, 7) is 0.583. The summed E-state index contributed by atoms with van der Waals surface area (Å²) >= 11 is 0. The molecule has 0 bridgehead atoms. The van der Waals surface area contributed by atoms with E-state index in [4.69, 9.17) is 42.1 Å². The molecule has 1 aromatic heterocycles. The zero-order chi connectivity index (χ0) is 22.8. The van der Waals surface area contributed by atoms with E-state index < -0.39 is 22.2 Å². The quantitative estimate of drug-likeness (QED) is 0.226. The Bertz CT molecular complexity index is 741. The van der Waals surface area contributed by atoms with Crippen LogP contribution < -0.4 is 21.7 Å². The molecule has 1 aromatic carbocycles. The second-order valence-corrected chi connectivity index (χ2v) is 4.99. The Kier molecular flexibility index (Phi) is 21.3. The monoisotopic (exact) mass is 645 g/mol. The molecule has 1 unspecified atom stereocenters. The summed E-state index contributed by atoms with van der Waals surface area (Å²) in [5.41, 5.74) is 10.9. The first kappa shape index (κ1) is 32.2. The first-order valence-corrected chi connectivity index (χ1v) is 7.83. The normalized spacial score (nSPS) is 9.67. The van der Waals surface area contributed by atoms with Gasteiger partial charge >= 0.3 is 39.9 Å². The van der Waals surface area contributed by atoms with Crippen molar-refractivity contribution in [1.82, 2.24) is 4.98 Å². The molecule has 0 aliphatic carbocycles. The topological polar surface area (TPSA) is 261 Å². The standard InChI is InChI=1S/C9H7NO.C6H14N2O2.2NO3.Th/c11-8-5-1-3-7-4-2-6-10-9(7)8;7-4-2-1-3-5(8)6(9)10;2*2-1(3)4;/h1-6,11H;5H,1-4,7-8H2,(H,9,10);;;/q;;2*-1;+4/p-2. The van der Waals surface area contributed by atoms with Crippen LogP contribution in [0.5, 0.6) is 5.75 Å². The minimum atomic E-state index is -1.75. The van der Waals surface area contributed by atoms with Gasteiger partial charge in [-0.25, -0.2) is 0 Å². The Balaban J connectivity index is -0.000000354. The summed E-state index contributed by atoms with van der Waals surface area (Å²) in [6, 6.07) is 8.02. The molecule has 0 spiro atoms. The minimum absolute atomic E-state index is 0. The van der Waals surface area contributed by atoms with E-state index in [0.717, 1.165) is 18.2 Å². The molecule has 0 radical (unpaired) electrons. The van der Waals surface area contributed by atoms with Crippen molar-refractivity contribution in [3.05, 3.63) is 67.2 Å². The number of para-hydroxylation sites is 1. The van der Waals surface area contributed by atoms with Gasteiger partial charge in [0.1, 0.15) is 0 Å². The molecule has 0 aliphatic heterocycles. The van der Waals surface area contributed by atoms with Gasteiger partial charge < -0.3 is 57.1 Å². The zero-order valence-corrected chi connectivity index (χ0v) is 19.7. The predicted octanol–water partition coefficient (Wildman–Crippen LogP) is -0.977. The third kappa shape index (κ3) is 20.3. The van der Waals surface area contributed by atoms with Crippen molar-refractivity contribution >= 4 is 16.9 Å². The van der Waals surface area contributed by atoms with Gasteiger partial charge in [0.05, 0.1) is 21.7 Å². The number of carbonyl (C=O) groups excluding carboxylic acids is 1. The largest absolute Gasteiger partial charge is 4.00 e. The smallest absolute Gasteiger partial charge is 0.871 e. The number of rotatable bonds is 5. The average molecular weight is 645 g/mol. The van der Waals surface area contributed by atoms with E-state index in [9.17, 15) is 15.0 Å². The van der Waals surface area contributed by atoms with Gasteiger partial charge in [0.25, 0.3) is 0 Å². The van der Waals surface area contributed by atoms with E-state index in [1.807, 2.05) is 18.2 Å². The molecule has 0 fully saturated rings. The van der Waals surface area contributed by atoms with Crippen LogP contribution in [0.3, 0.4) is 0 Å². The molecule has 0 saturated heterocycles. The van der Waals surface area contributed by atoms with Crippen molar-refractivity contribution in [2.24, 2.45) is 11.5 Å². The molecule has 2 aromatic rings. The van der Waals surface area contributed by atoms with Gasteiger partial charge in [0, 0.05) is 12.2 Å². The Morgan fingerprint density at radius 3 is 1.97 bits per heavy atom. The van der Waals surface area contributed by atoms with Crippen molar-refractivity contribution in [2.75, 3.05) is 6.54 Å². The van der Waals surface area contributed by atoms with Crippen molar-refractivity contribution in [1.29, 1.82) is 0 Å². The van der Waals surface area contributed by atoms with Gasteiger partial charge in [-0.3, -0.25) is 4.98 Å². The van der Waals surface area contributed by atoms with E-state index in [1.165, 1.54) is 6.07 Å². The summed E-state index contributed by atoms with van der Waals surface area (Å²) < 4.78 is 0. The molecule has 0 aliphatic rings. The number of aliphatic carboxylic acids is 1. The predicted molar refractivity (Wildman–Crippen MR) is 97.8 cm³/mol. The first-order valence-electron chi connectivity index (χ1n) is 7.83. The van der Waals surface area contributed by atoms with E-state index in [-0.39, 0.29) is 45.7 Å². The first-order chi connectivity index (χ1) is 13.5. The van der Waals surface area contributed by atoms with Crippen molar-refractivity contribution in [2.45, 2.75) is 25.3 Å². The molecule has 1 heterocycles. The fraction of sp³-hybridized carbons (Fsp3) is 0.333. The van der Waals surface area contributed by atoms with Crippen LogP contribution in [0.15, 0.2) is 36.5 Å². The van der Waals surface area contributed by atoms with Gasteiger partial charge in [-0.2, -0.15) is 0 Å². The number of unbranched alkanes of at least 4 members (excludes halogenated alkanes) is 1. The molecule has 0 amide bonds. The van der Waals surface area contributed by atoms with Crippen LogP contribution in [-0.2, 0) is 4.79 Å². The summed E-state index contributed by atoms with van der Waals surface area (Å²) in [4.78, 5) is 30.5. The summed E-state index contributed by atoms with van der Waals surface area (Å²) in [7, 11) is 0. The number of aromatic nitrogens is 1. The van der Waals surface area contributed by atoms with E-state index >= 15 is 0 Å². The number of benzene rings is 1. The zero-order valence-electron chi connectivity index (χ0n) is 15.5. The third-order valence-corrected chi connectivity index (χ3v) is 2.87. The van der Waals surface area contributed by atoms with Crippen LogP contribution in [0.2, 0.25) is 0 Å². The third-order valence-electron chi connectivity index (χ3n) is 2.87. The Morgan fingerprint density at radius 1 is 1.03 bits per heavy atom. The SMILES string of the molecule is NCCCCC(N)C(=O)[O-].O=[N+]([O-])[O-].O=[N+]([O-])[O-].[O-]c1cccc2cccnc12.[Th+4]. The van der Waals surface area contributed by atoms with Crippen molar-refractivity contribution in [3.8, 4) is 5.75 Å². The fourth-order valence-electron chi connectivity index (χ4n) is 1.70. The van der Waals surface area contributed by atoms with Gasteiger partial charge in [-0.05, 0) is 30.8 Å². The molecule has 4 N–H and O–H groups in total. The van der Waals surface area contributed by atoms with E-state index in [2.05, 4.69) is 4.98 Å². The van der Waals surface area contributed by atoms with Crippen LogP contribution in [-0.4, -0.2) is 33.7 Å². The number of fused-ring (bicyclic) bond motifs is 1. The summed E-state index contributed by atoms with van der Waals surface area (Å²) in [5, 5.41) is 51.5. The molecule has 2 rings (SSSR count). The average Bonchev–Trinajstić information content (AvgIpc) is 2.62. The number of hydrogen-bond donors (Lipinski definition) is 2. The van der Waals surface area contributed by atoms with Crippen LogP contribution in [0.1, 0.15) is 19.3 Å².